The molecule has 1 fully saturated rings. The second-order valence-corrected chi connectivity index (χ2v) is 10.8. The fourth-order valence-electron chi connectivity index (χ4n) is 4.85. The zero-order chi connectivity index (χ0) is 23.2. The van der Waals surface area contributed by atoms with Crippen LogP contribution in [0.3, 0.4) is 0 Å². The van der Waals surface area contributed by atoms with E-state index in [1.54, 1.807) is 11.8 Å². The molecule has 3 heterocycles. The lowest BCUT2D eigenvalue weighted by Crippen LogP contribution is -2.50. The van der Waals surface area contributed by atoms with Crippen LogP contribution >= 0.6 is 11.8 Å². The van der Waals surface area contributed by atoms with Crippen LogP contribution in [0.1, 0.15) is 54.0 Å². The van der Waals surface area contributed by atoms with Crippen LogP contribution in [0.4, 0.5) is 0 Å². The Bertz CT molecular complexity index is 1250. The molecule has 0 unspecified atom stereocenters. The topological polar surface area (TPSA) is 58.3 Å². The second kappa shape index (κ2) is 8.31. The van der Waals surface area contributed by atoms with E-state index in [9.17, 15) is 10.1 Å². The standard InChI is InChI=1S/C27H27N3O2S/c1-18(2)33-22-8-5-20(6-9-22)26(31)29-14-12-27(13-15-29)25-11-7-21(17-28)30(25)23-10-4-19(3)16-24(23)32-27/h4-11,16,18H,12-15H2,1-3H3. The monoisotopic (exact) mass is 457 g/mol. The number of fused-ring (bicyclic) bond motifs is 4. The molecule has 6 heteroatoms. The highest BCUT2D eigenvalue weighted by atomic mass is 32.2. The van der Waals surface area contributed by atoms with Gasteiger partial charge in [-0.1, -0.05) is 19.9 Å². The van der Waals surface area contributed by atoms with Gasteiger partial charge in [0.25, 0.3) is 5.91 Å². The quantitative estimate of drug-likeness (QED) is 0.475. The fourth-order valence-corrected chi connectivity index (χ4v) is 5.69. The molecule has 168 valence electrons. The van der Waals surface area contributed by atoms with Crippen LogP contribution < -0.4 is 4.74 Å². The molecule has 0 atom stereocenters. The summed E-state index contributed by atoms with van der Waals surface area (Å²) in [6.07, 6.45) is 1.37. The van der Waals surface area contributed by atoms with Crippen LogP contribution in [0.15, 0.2) is 59.5 Å². The van der Waals surface area contributed by atoms with Crippen molar-refractivity contribution in [1.29, 1.82) is 5.26 Å². The van der Waals surface area contributed by atoms with Crippen molar-refractivity contribution in [3.63, 3.8) is 0 Å². The van der Waals surface area contributed by atoms with E-state index in [-0.39, 0.29) is 5.91 Å². The van der Waals surface area contributed by atoms with Gasteiger partial charge in [0.2, 0.25) is 0 Å². The van der Waals surface area contributed by atoms with Gasteiger partial charge in [-0.2, -0.15) is 5.26 Å². The highest BCUT2D eigenvalue weighted by Crippen LogP contribution is 2.46. The van der Waals surface area contributed by atoms with Gasteiger partial charge in [-0.3, -0.25) is 9.36 Å². The molecule has 0 N–H and O–H groups in total. The molecule has 0 aliphatic carbocycles. The number of carbonyl (C=O) groups is 1. The van der Waals surface area contributed by atoms with Gasteiger partial charge in [0.15, 0.2) is 5.60 Å². The smallest absolute Gasteiger partial charge is 0.253 e. The van der Waals surface area contributed by atoms with Crippen LogP contribution in [-0.4, -0.2) is 33.7 Å². The van der Waals surface area contributed by atoms with Crippen molar-refractivity contribution in [3.05, 3.63) is 77.1 Å². The Labute approximate surface area is 199 Å². The van der Waals surface area contributed by atoms with Crippen molar-refractivity contribution in [3.8, 4) is 17.5 Å². The van der Waals surface area contributed by atoms with E-state index in [1.807, 2.05) is 71.0 Å². The Hall–Kier alpha value is -3.17. The Morgan fingerprint density at radius 2 is 1.82 bits per heavy atom. The molecular weight excluding hydrogens is 430 g/mol. The van der Waals surface area contributed by atoms with Crippen LogP contribution in [-0.2, 0) is 5.60 Å². The van der Waals surface area contributed by atoms with Crippen molar-refractivity contribution in [1.82, 2.24) is 9.47 Å². The van der Waals surface area contributed by atoms with E-state index in [4.69, 9.17) is 4.74 Å². The zero-order valence-electron chi connectivity index (χ0n) is 19.2. The molecule has 0 saturated carbocycles. The second-order valence-electron chi connectivity index (χ2n) is 9.10. The minimum absolute atomic E-state index is 0.0612. The Morgan fingerprint density at radius 1 is 1.09 bits per heavy atom. The number of nitriles is 1. The van der Waals surface area contributed by atoms with Crippen LogP contribution in [0.2, 0.25) is 0 Å². The average molecular weight is 458 g/mol. The van der Waals surface area contributed by atoms with Gasteiger partial charge in [-0.05, 0) is 61.0 Å². The first-order valence-corrected chi connectivity index (χ1v) is 12.3. The molecule has 2 aliphatic heterocycles. The summed E-state index contributed by atoms with van der Waals surface area (Å²) < 4.78 is 8.67. The van der Waals surface area contributed by atoms with Gasteiger partial charge in [-0.25, -0.2) is 0 Å². The Balaban J connectivity index is 1.38. The molecule has 1 spiro atoms. The maximum absolute atomic E-state index is 13.2. The molecule has 2 aromatic carbocycles. The van der Waals surface area contributed by atoms with Crippen molar-refractivity contribution >= 4 is 17.7 Å². The van der Waals surface area contributed by atoms with E-state index in [1.165, 1.54) is 4.90 Å². The minimum Gasteiger partial charge on any atom is -0.479 e. The summed E-state index contributed by atoms with van der Waals surface area (Å²) in [5.41, 5.74) is 3.81. The molecule has 5 rings (SSSR count). The maximum Gasteiger partial charge on any atom is 0.253 e. The number of aryl methyl sites for hydroxylation is 1. The molecular formula is C27H27N3O2S. The number of ether oxygens (including phenoxy) is 1. The van der Waals surface area contributed by atoms with Gasteiger partial charge < -0.3 is 9.64 Å². The first kappa shape index (κ1) is 21.7. The lowest BCUT2D eigenvalue weighted by atomic mass is 9.86. The number of benzene rings is 2. The van der Waals surface area contributed by atoms with Crippen molar-refractivity contribution in [2.45, 2.75) is 49.4 Å². The third-order valence-electron chi connectivity index (χ3n) is 6.46. The van der Waals surface area contributed by atoms with Crippen molar-refractivity contribution in [2.24, 2.45) is 0 Å². The first-order valence-electron chi connectivity index (χ1n) is 11.4. The summed E-state index contributed by atoms with van der Waals surface area (Å²) in [5.74, 6) is 0.860. The van der Waals surface area contributed by atoms with E-state index in [0.29, 0.717) is 36.9 Å². The Morgan fingerprint density at radius 3 is 2.48 bits per heavy atom. The lowest BCUT2D eigenvalue weighted by molar-refractivity contribution is -0.00940. The van der Waals surface area contributed by atoms with Gasteiger partial charge in [0.05, 0.1) is 11.4 Å². The average Bonchev–Trinajstić information content (AvgIpc) is 3.25. The number of amides is 1. The molecule has 33 heavy (non-hydrogen) atoms. The number of likely N-dealkylation sites (tertiary alicyclic amines) is 1. The van der Waals surface area contributed by atoms with Crippen molar-refractivity contribution in [2.75, 3.05) is 13.1 Å². The van der Waals surface area contributed by atoms with Crippen LogP contribution in [0.25, 0.3) is 5.69 Å². The largest absolute Gasteiger partial charge is 0.479 e. The fraction of sp³-hybridized carbons (Fsp3) is 0.333. The minimum atomic E-state index is -0.537. The number of rotatable bonds is 3. The molecule has 1 amide bonds. The maximum atomic E-state index is 13.2. The number of hydrogen-bond donors (Lipinski definition) is 0. The van der Waals surface area contributed by atoms with Gasteiger partial charge in [-0.15, -0.1) is 11.8 Å². The summed E-state index contributed by atoms with van der Waals surface area (Å²) in [4.78, 5) is 16.3. The van der Waals surface area contributed by atoms with Gasteiger partial charge in [0, 0.05) is 41.6 Å². The number of carbonyl (C=O) groups excluding carboxylic acids is 1. The van der Waals surface area contributed by atoms with E-state index >= 15 is 0 Å². The SMILES string of the molecule is Cc1ccc2c(c1)OC1(CCN(C(=O)c3ccc(SC(C)C)cc3)CC1)c1ccc(C#N)n1-2. The number of aromatic nitrogens is 1. The molecule has 0 radical (unpaired) electrons. The van der Waals surface area contributed by atoms with E-state index in [2.05, 4.69) is 19.9 Å². The number of hydrogen-bond acceptors (Lipinski definition) is 4. The van der Waals surface area contributed by atoms with Crippen LogP contribution in [0.5, 0.6) is 5.75 Å². The zero-order valence-corrected chi connectivity index (χ0v) is 20.0. The third-order valence-corrected chi connectivity index (χ3v) is 7.47. The summed E-state index contributed by atoms with van der Waals surface area (Å²) in [7, 11) is 0. The third kappa shape index (κ3) is 3.81. The normalized spacial score (nSPS) is 16.2. The molecule has 1 aromatic heterocycles. The Kier molecular flexibility index (Phi) is 5.46. The predicted octanol–water partition coefficient (Wildman–Crippen LogP) is 5.68. The summed E-state index contributed by atoms with van der Waals surface area (Å²) in [5, 5.41) is 10.2. The van der Waals surface area contributed by atoms with Gasteiger partial charge in [0.1, 0.15) is 17.5 Å². The van der Waals surface area contributed by atoms with E-state index < -0.39 is 5.60 Å². The highest BCUT2D eigenvalue weighted by Gasteiger charge is 2.45. The predicted molar refractivity (Wildman–Crippen MR) is 130 cm³/mol. The molecule has 1 saturated heterocycles. The number of thioether (sulfide) groups is 1. The van der Waals surface area contributed by atoms with Crippen LogP contribution in [0, 0.1) is 18.3 Å². The number of nitrogens with zero attached hydrogens (tertiary/aromatic N) is 3. The number of piperidine rings is 1. The lowest BCUT2D eigenvalue weighted by Gasteiger charge is -2.45. The molecule has 2 aliphatic rings. The summed E-state index contributed by atoms with van der Waals surface area (Å²) in [6, 6.07) is 20.2. The molecule has 0 bridgehead atoms. The van der Waals surface area contributed by atoms with E-state index in [0.717, 1.165) is 28.3 Å². The molecule has 5 nitrogen and oxygen atoms in total. The molecule has 3 aromatic rings. The van der Waals surface area contributed by atoms with Gasteiger partial charge >= 0.3 is 0 Å². The first-order chi connectivity index (χ1) is 15.9. The van der Waals surface area contributed by atoms with Crippen molar-refractivity contribution < 1.29 is 9.53 Å². The highest BCUT2D eigenvalue weighted by molar-refractivity contribution is 7.99. The summed E-state index contributed by atoms with van der Waals surface area (Å²) in [6.45, 7) is 7.58. The summed E-state index contributed by atoms with van der Waals surface area (Å²) >= 11 is 1.80.